The van der Waals surface area contributed by atoms with Crippen molar-refractivity contribution < 1.29 is 19.7 Å². The SMILES string of the molecule is CCc1ccc(C)c(OC(=O)O)c1O. The molecule has 76 valence electrons. The number of benzene rings is 1. The van der Waals surface area contributed by atoms with Crippen LogP contribution >= 0.6 is 0 Å². The lowest BCUT2D eigenvalue weighted by molar-refractivity contribution is 0.142. The first-order valence-corrected chi connectivity index (χ1v) is 4.28. The van der Waals surface area contributed by atoms with Crippen LogP contribution in [0.25, 0.3) is 0 Å². The van der Waals surface area contributed by atoms with Crippen molar-refractivity contribution in [3.63, 3.8) is 0 Å². The van der Waals surface area contributed by atoms with Gasteiger partial charge in [0.1, 0.15) is 0 Å². The van der Waals surface area contributed by atoms with Crippen molar-refractivity contribution in [1.82, 2.24) is 0 Å². The van der Waals surface area contributed by atoms with Crippen LogP contribution in [0.3, 0.4) is 0 Å². The zero-order valence-electron chi connectivity index (χ0n) is 8.07. The number of aryl methyl sites for hydroxylation is 2. The molecule has 0 atom stereocenters. The summed E-state index contributed by atoms with van der Waals surface area (Å²) in [6.45, 7) is 3.55. The molecule has 0 aromatic heterocycles. The maximum atomic E-state index is 10.3. The molecular formula is C10H12O4. The Morgan fingerprint density at radius 3 is 2.64 bits per heavy atom. The van der Waals surface area contributed by atoms with Gasteiger partial charge >= 0.3 is 6.16 Å². The van der Waals surface area contributed by atoms with E-state index in [1.807, 2.05) is 6.92 Å². The molecule has 0 unspecified atom stereocenters. The van der Waals surface area contributed by atoms with Crippen LogP contribution in [-0.4, -0.2) is 16.4 Å². The molecule has 0 saturated heterocycles. The number of carboxylic acid groups (broad SMARTS) is 1. The van der Waals surface area contributed by atoms with Gasteiger partial charge in [0.2, 0.25) is 0 Å². The second-order valence-electron chi connectivity index (χ2n) is 2.94. The second kappa shape index (κ2) is 4.00. The van der Waals surface area contributed by atoms with Crippen molar-refractivity contribution in [3.8, 4) is 11.5 Å². The van der Waals surface area contributed by atoms with E-state index in [0.717, 1.165) is 0 Å². The summed E-state index contributed by atoms with van der Waals surface area (Å²) >= 11 is 0. The highest BCUT2D eigenvalue weighted by Gasteiger charge is 2.13. The molecule has 1 aromatic carbocycles. The van der Waals surface area contributed by atoms with Gasteiger partial charge in [0.05, 0.1) is 0 Å². The molecule has 14 heavy (non-hydrogen) atoms. The first kappa shape index (κ1) is 10.4. The third-order valence-corrected chi connectivity index (χ3v) is 1.98. The van der Waals surface area contributed by atoms with Crippen molar-refractivity contribution in [1.29, 1.82) is 0 Å². The predicted molar refractivity (Wildman–Crippen MR) is 50.9 cm³/mol. The Balaban J connectivity index is 3.18. The number of ether oxygens (including phenoxy) is 1. The molecule has 4 heteroatoms. The van der Waals surface area contributed by atoms with E-state index >= 15 is 0 Å². The summed E-state index contributed by atoms with van der Waals surface area (Å²) in [5.41, 5.74) is 1.27. The van der Waals surface area contributed by atoms with Gasteiger partial charge in [-0.15, -0.1) is 0 Å². The summed E-state index contributed by atoms with van der Waals surface area (Å²) in [5, 5.41) is 18.1. The van der Waals surface area contributed by atoms with Gasteiger partial charge in [-0.1, -0.05) is 19.1 Å². The number of phenols is 1. The number of carbonyl (C=O) groups is 1. The maximum absolute atomic E-state index is 10.3. The summed E-state index contributed by atoms with van der Waals surface area (Å²) in [7, 11) is 0. The van der Waals surface area contributed by atoms with Crippen molar-refractivity contribution in [3.05, 3.63) is 23.3 Å². The van der Waals surface area contributed by atoms with Gasteiger partial charge < -0.3 is 14.9 Å². The summed E-state index contributed by atoms with van der Waals surface area (Å²) in [5.74, 6) is -0.0632. The fourth-order valence-corrected chi connectivity index (χ4v) is 1.21. The Labute approximate surface area is 81.8 Å². The summed E-state index contributed by atoms with van der Waals surface area (Å²) in [6.07, 6.45) is -0.793. The van der Waals surface area contributed by atoms with Gasteiger partial charge in [0, 0.05) is 0 Å². The van der Waals surface area contributed by atoms with Crippen LogP contribution in [0, 0.1) is 6.92 Å². The number of hydrogen-bond acceptors (Lipinski definition) is 3. The Hall–Kier alpha value is -1.71. The summed E-state index contributed by atoms with van der Waals surface area (Å²) in [4.78, 5) is 10.3. The predicted octanol–water partition coefficient (Wildman–Crippen LogP) is 2.32. The lowest BCUT2D eigenvalue weighted by Gasteiger charge is -2.09. The third kappa shape index (κ3) is 1.96. The topological polar surface area (TPSA) is 66.8 Å². The molecule has 1 aromatic rings. The van der Waals surface area contributed by atoms with Gasteiger partial charge in [-0.25, -0.2) is 4.79 Å². The molecule has 0 saturated carbocycles. The highest BCUT2D eigenvalue weighted by molar-refractivity contribution is 5.65. The van der Waals surface area contributed by atoms with Crippen LogP contribution < -0.4 is 4.74 Å². The molecule has 0 aliphatic heterocycles. The molecule has 0 bridgehead atoms. The smallest absolute Gasteiger partial charge is 0.504 e. The van der Waals surface area contributed by atoms with E-state index in [1.54, 1.807) is 19.1 Å². The van der Waals surface area contributed by atoms with Crippen LogP contribution in [0.4, 0.5) is 4.79 Å². The second-order valence-corrected chi connectivity index (χ2v) is 2.94. The fraction of sp³-hybridized carbons (Fsp3) is 0.300. The molecule has 4 nitrogen and oxygen atoms in total. The quantitative estimate of drug-likeness (QED) is 0.562. The monoisotopic (exact) mass is 196 g/mol. The fourth-order valence-electron chi connectivity index (χ4n) is 1.21. The molecular weight excluding hydrogens is 184 g/mol. The van der Waals surface area contributed by atoms with E-state index < -0.39 is 6.16 Å². The molecule has 1 rings (SSSR count). The average molecular weight is 196 g/mol. The number of aromatic hydroxyl groups is 1. The van der Waals surface area contributed by atoms with Gasteiger partial charge in [-0.3, -0.25) is 0 Å². The minimum atomic E-state index is -1.42. The third-order valence-electron chi connectivity index (χ3n) is 1.98. The van der Waals surface area contributed by atoms with Crippen molar-refractivity contribution in [2.75, 3.05) is 0 Å². The summed E-state index contributed by atoms with van der Waals surface area (Å²) in [6, 6.07) is 3.47. The van der Waals surface area contributed by atoms with Gasteiger partial charge in [0.15, 0.2) is 11.5 Å². The first-order valence-electron chi connectivity index (χ1n) is 4.28. The molecule has 0 radical (unpaired) electrons. The van der Waals surface area contributed by atoms with E-state index in [4.69, 9.17) is 5.11 Å². The lowest BCUT2D eigenvalue weighted by Crippen LogP contribution is -2.05. The van der Waals surface area contributed by atoms with Crippen molar-refractivity contribution in [2.45, 2.75) is 20.3 Å². The van der Waals surface area contributed by atoms with E-state index in [0.29, 0.717) is 17.5 Å². The van der Waals surface area contributed by atoms with Crippen LogP contribution in [0.15, 0.2) is 12.1 Å². The van der Waals surface area contributed by atoms with E-state index in [1.165, 1.54) is 0 Å². The standard InChI is InChI=1S/C10H12O4/c1-3-7-5-4-6(2)9(8(7)11)14-10(12)13/h4-5,11H,3H2,1-2H3,(H,12,13). The van der Waals surface area contributed by atoms with Crippen molar-refractivity contribution in [2.24, 2.45) is 0 Å². The molecule has 0 aliphatic carbocycles. The van der Waals surface area contributed by atoms with Crippen molar-refractivity contribution >= 4 is 6.16 Å². The number of rotatable bonds is 2. The Kier molecular flexibility index (Phi) is 2.96. The van der Waals surface area contributed by atoms with E-state index in [9.17, 15) is 9.90 Å². The molecule has 0 fully saturated rings. The highest BCUT2D eigenvalue weighted by Crippen LogP contribution is 2.33. The van der Waals surface area contributed by atoms with E-state index in [-0.39, 0.29) is 11.5 Å². The van der Waals surface area contributed by atoms with Crippen LogP contribution in [0.2, 0.25) is 0 Å². The molecule has 2 N–H and O–H groups in total. The van der Waals surface area contributed by atoms with Gasteiger partial charge in [-0.2, -0.15) is 0 Å². The number of hydrogen-bond donors (Lipinski definition) is 2. The minimum Gasteiger partial charge on any atom is -0.504 e. The Bertz CT molecular complexity index is 357. The normalized spacial score (nSPS) is 9.86. The first-order chi connectivity index (χ1) is 6.56. The molecule has 0 aliphatic rings. The lowest BCUT2D eigenvalue weighted by atomic mass is 10.1. The van der Waals surface area contributed by atoms with Gasteiger partial charge in [-0.05, 0) is 24.5 Å². The zero-order chi connectivity index (χ0) is 10.7. The average Bonchev–Trinajstić information content (AvgIpc) is 2.12. The highest BCUT2D eigenvalue weighted by atomic mass is 16.7. The number of phenolic OH excluding ortho intramolecular Hbond substituents is 1. The Morgan fingerprint density at radius 1 is 1.50 bits per heavy atom. The molecule has 0 amide bonds. The zero-order valence-corrected chi connectivity index (χ0v) is 8.07. The van der Waals surface area contributed by atoms with E-state index in [2.05, 4.69) is 4.74 Å². The van der Waals surface area contributed by atoms with Crippen LogP contribution in [0.5, 0.6) is 11.5 Å². The molecule has 0 heterocycles. The summed E-state index contributed by atoms with van der Waals surface area (Å²) < 4.78 is 4.48. The van der Waals surface area contributed by atoms with Gasteiger partial charge in [0.25, 0.3) is 0 Å². The minimum absolute atomic E-state index is 0.0249. The largest absolute Gasteiger partial charge is 0.511 e. The maximum Gasteiger partial charge on any atom is 0.511 e. The molecule has 0 spiro atoms. The Morgan fingerprint density at radius 2 is 2.14 bits per heavy atom. The van der Waals surface area contributed by atoms with Crippen LogP contribution in [-0.2, 0) is 6.42 Å². The van der Waals surface area contributed by atoms with Crippen LogP contribution in [0.1, 0.15) is 18.1 Å².